The lowest BCUT2D eigenvalue weighted by Gasteiger charge is -2.71. The van der Waals surface area contributed by atoms with Gasteiger partial charge in [0.1, 0.15) is 12.7 Å². The Labute approximate surface area is 335 Å². The summed E-state index contributed by atoms with van der Waals surface area (Å²) in [5, 5.41) is 98.8. The second-order valence-electron chi connectivity index (χ2n) is 19.8. The van der Waals surface area contributed by atoms with Crippen molar-refractivity contribution >= 4 is 17.9 Å². The Hall–Kier alpha value is -4.69. The van der Waals surface area contributed by atoms with Crippen molar-refractivity contribution in [3.05, 3.63) is 34.9 Å². The molecule has 4 saturated carbocycles. The summed E-state index contributed by atoms with van der Waals surface area (Å²) in [6.45, 7) is 9.70. The highest BCUT2D eigenvalue weighted by Gasteiger charge is 2.72. The van der Waals surface area contributed by atoms with Crippen molar-refractivity contribution in [2.75, 3.05) is 13.2 Å². The Bertz CT molecular complexity index is 2180. The van der Waals surface area contributed by atoms with E-state index in [0.29, 0.717) is 38.5 Å². The molecule has 2 aromatic carbocycles. The first-order valence-corrected chi connectivity index (χ1v) is 20.2. The molecule has 6 aliphatic rings. The van der Waals surface area contributed by atoms with Crippen LogP contribution in [0.1, 0.15) is 113 Å². The van der Waals surface area contributed by atoms with Gasteiger partial charge in [0, 0.05) is 11.1 Å². The minimum atomic E-state index is -1.63. The topological polar surface area (TPSA) is 252 Å². The van der Waals surface area contributed by atoms with Crippen LogP contribution < -0.4 is 0 Å². The number of aromatic hydroxyl groups is 6. The monoisotopic (exact) mass is 806 g/mol. The highest BCUT2D eigenvalue weighted by Crippen LogP contribution is 2.76. The maximum absolute atomic E-state index is 14.3. The SMILES string of the molecule is CC1(C)CC[C@]2(C(=O)O)CC[C@]3(C)C(=CC[C@@H]4[C@@]5(C)C[C@@H](O)[C@@H]6OC(=O)c7cc(O)c(O)c(O)c7-c7c(cc(O)c(O)c7O)C(=O)OC[C@@]6(CO)[C@@H]5CC[C@]43C)[C@@H]2C1. The number of aliphatic hydroxyl groups excluding tert-OH is 2. The summed E-state index contributed by atoms with van der Waals surface area (Å²) in [4.78, 5) is 41.6. The van der Waals surface area contributed by atoms with Gasteiger partial charge in [0.2, 0.25) is 11.5 Å². The number of carboxylic acid groups (broad SMARTS) is 1. The van der Waals surface area contributed by atoms with Crippen LogP contribution in [0.3, 0.4) is 0 Å². The third kappa shape index (κ3) is 5.05. The first-order valence-electron chi connectivity index (χ1n) is 20.2. The molecular formula is C44H54O14. The number of phenols is 6. The van der Waals surface area contributed by atoms with Crippen molar-refractivity contribution in [3.8, 4) is 45.6 Å². The summed E-state index contributed by atoms with van der Waals surface area (Å²) in [5.74, 6) is -10.5. The number of carbonyl (C=O) groups is 3. The van der Waals surface area contributed by atoms with Crippen LogP contribution >= 0.6 is 0 Å². The number of aliphatic hydroxyl groups is 2. The average molecular weight is 807 g/mol. The number of carboxylic acids is 1. The first-order chi connectivity index (χ1) is 27.0. The highest BCUT2D eigenvalue weighted by molar-refractivity contribution is 6.08. The zero-order valence-corrected chi connectivity index (χ0v) is 33.5. The van der Waals surface area contributed by atoms with Crippen molar-refractivity contribution in [2.24, 2.45) is 50.2 Å². The number of hydrogen-bond donors (Lipinski definition) is 9. The third-order valence-corrected chi connectivity index (χ3v) is 16.8. The fourth-order valence-corrected chi connectivity index (χ4v) is 13.6. The molecule has 1 aliphatic heterocycles. The van der Waals surface area contributed by atoms with E-state index in [9.17, 15) is 60.3 Å². The maximum Gasteiger partial charge on any atom is 0.339 e. The molecule has 58 heavy (non-hydrogen) atoms. The van der Waals surface area contributed by atoms with E-state index in [2.05, 4.69) is 40.7 Å². The van der Waals surface area contributed by atoms with Crippen LogP contribution in [-0.4, -0.2) is 89.3 Å². The van der Waals surface area contributed by atoms with Crippen LogP contribution in [0, 0.1) is 50.2 Å². The van der Waals surface area contributed by atoms with Gasteiger partial charge >= 0.3 is 17.9 Å². The minimum Gasteiger partial charge on any atom is -0.504 e. The number of ether oxygens (including phenoxy) is 2. The number of aliphatic carboxylic acids is 1. The molecule has 5 aliphatic carbocycles. The zero-order valence-electron chi connectivity index (χ0n) is 33.5. The molecule has 10 atom stereocenters. The Morgan fingerprint density at radius 3 is 1.95 bits per heavy atom. The molecule has 2 aromatic rings. The van der Waals surface area contributed by atoms with E-state index in [0.717, 1.165) is 25.0 Å². The van der Waals surface area contributed by atoms with Gasteiger partial charge < -0.3 is 55.4 Å². The summed E-state index contributed by atoms with van der Waals surface area (Å²) in [6, 6.07) is 1.49. The lowest BCUT2D eigenvalue weighted by atomic mass is 9.33. The molecule has 0 bridgehead atoms. The normalized spacial score (nSPS) is 38.9. The van der Waals surface area contributed by atoms with Crippen molar-refractivity contribution in [3.63, 3.8) is 0 Å². The van der Waals surface area contributed by atoms with E-state index in [1.807, 2.05) is 0 Å². The summed E-state index contributed by atoms with van der Waals surface area (Å²) >= 11 is 0. The van der Waals surface area contributed by atoms with Gasteiger partial charge in [-0.15, -0.1) is 0 Å². The van der Waals surface area contributed by atoms with Crippen LogP contribution in [-0.2, 0) is 14.3 Å². The van der Waals surface area contributed by atoms with Gasteiger partial charge in [-0.3, -0.25) is 4.79 Å². The van der Waals surface area contributed by atoms with Crippen LogP contribution in [0.15, 0.2) is 23.8 Å². The number of esters is 2. The number of benzene rings is 2. The molecule has 8 rings (SSSR count). The van der Waals surface area contributed by atoms with Crippen LogP contribution in [0.25, 0.3) is 11.1 Å². The Morgan fingerprint density at radius 1 is 0.776 bits per heavy atom. The Balaban J connectivity index is 1.26. The maximum atomic E-state index is 14.3. The minimum absolute atomic E-state index is 0.0274. The van der Waals surface area contributed by atoms with Gasteiger partial charge in [0.15, 0.2) is 23.0 Å². The number of rotatable bonds is 2. The number of cyclic esters (lactones) is 1. The second-order valence-corrected chi connectivity index (χ2v) is 19.8. The van der Waals surface area contributed by atoms with E-state index in [1.54, 1.807) is 0 Å². The summed E-state index contributed by atoms with van der Waals surface area (Å²) in [5.41, 5.74) is -5.59. The van der Waals surface area contributed by atoms with Crippen molar-refractivity contribution in [1.29, 1.82) is 0 Å². The van der Waals surface area contributed by atoms with E-state index >= 15 is 0 Å². The van der Waals surface area contributed by atoms with Crippen molar-refractivity contribution < 1.29 is 69.8 Å². The quantitative estimate of drug-likeness (QED) is 0.0946. The number of carbonyl (C=O) groups excluding carboxylic acids is 2. The lowest BCUT2D eigenvalue weighted by Crippen LogP contribution is -2.70. The van der Waals surface area contributed by atoms with Crippen LogP contribution in [0.2, 0.25) is 0 Å². The van der Waals surface area contributed by atoms with Crippen LogP contribution in [0.4, 0.5) is 0 Å². The largest absolute Gasteiger partial charge is 0.504 e. The molecule has 0 aromatic heterocycles. The van der Waals surface area contributed by atoms with Gasteiger partial charge in [-0.25, -0.2) is 9.59 Å². The molecular weight excluding hydrogens is 752 g/mol. The molecule has 14 heteroatoms. The smallest absolute Gasteiger partial charge is 0.339 e. The fraction of sp³-hybridized carbons (Fsp3) is 0.614. The lowest BCUT2D eigenvalue weighted by molar-refractivity contribution is -0.256. The number of allylic oxidation sites excluding steroid dienone is 2. The molecule has 0 spiro atoms. The number of phenolic OH excluding ortho intramolecular Hbond substituents is 6. The molecule has 0 saturated heterocycles. The van der Waals surface area contributed by atoms with Crippen molar-refractivity contribution in [1.82, 2.24) is 0 Å². The molecule has 9 N–H and O–H groups in total. The Morgan fingerprint density at radius 2 is 1.36 bits per heavy atom. The van der Waals surface area contributed by atoms with Gasteiger partial charge in [0.25, 0.3) is 0 Å². The molecule has 314 valence electrons. The van der Waals surface area contributed by atoms with Crippen LogP contribution in [0.5, 0.6) is 34.5 Å². The van der Waals surface area contributed by atoms with E-state index < -0.39 is 122 Å². The van der Waals surface area contributed by atoms with E-state index in [4.69, 9.17) is 9.47 Å². The average Bonchev–Trinajstić information content (AvgIpc) is 3.17. The van der Waals surface area contributed by atoms with E-state index in [1.165, 1.54) is 5.57 Å². The first kappa shape index (κ1) is 40.1. The predicted octanol–water partition coefficient (Wildman–Crippen LogP) is 6.09. The molecule has 0 amide bonds. The van der Waals surface area contributed by atoms with E-state index in [-0.39, 0.29) is 34.5 Å². The zero-order chi connectivity index (χ0) is 42.3. The highest BCUT2D eigenvalue weighted by atomic mass is 16.6. The van der Waals surface area contributed by atoms with Gasteiger partial charge in [0.05, 0.1) is 34.7 Å². The third-order valence-electron chi connectivity index (χ3n) is 16.8. The molecule has 0 unspecified atom stereocenters. The molecule has 4 fully saturated rings. The molecule has 1 heterocycles. The fourth-order valence-electron chi connectivity index (χ4n) is 13.6. The summed E-state index contributed by atoms with van der Waals surface area (Å²) in [7, 11) is 0. The number of fused-ring (bicyclic) bond motifs is 12. The molecule has 14 nitrogen and oxygen atoms in total. The van der Waals surface area contributed by atoms with Gasteiger partial charge in [-0.2, -0.15) is 0 Å². The summed E-state index contributed by atoms with van der Waals surface area (Å²) < 4.78 is 12.0. The predicted molar refractivity (Wildman–Crippen MR) is 205 cm³/mol. The second kappa shape index (κ2) is 12.7. The number of hydrogen-bond acceptors (Lipinski definition) is 13. The molecule has 0 radical (unpaired) electrons. The van der Waals surface area contributed by atoms with Gasteiger partial charge in [-0.05, 0) is 109 Å². The van der Waals surface area contributed by atoms with Gasteiger partial charge in [-0.1, -0.05) is 46.3 Å². The Kier molecular flexibility index (Phi) is 8.75. The summed E-state index contributed by atoms with van der Waals surface area (Å²) in [6.07, 6.45) is 4.51. The van der Waals surface area contributed by atoms with Crippen molar-refractivity contribution in [2.45, 2.75) is 105 Å². The standard InChI is InChI=1S/C44H54O14/c1-39(2)10-12-43(38(55)56)13-11-41(4)22(23(43)16-39)6-7-27-40(3)17-26(48)35-44(18-45,28(40)8-9-42(27,41)5)19-57-36(53)20-14-24(46)31(49)33(51)29(20)30-21(37(54)58-35)15-25(47)32(50)34(30)52/h6,14-15,23,26-28,35,45-52H,7-13,16-19H2,1-5H3,(H,55,56)/t23-,26+,27+,28+,35-,40+,41+,42+,43-,44-/m0/s1.